The highest BCUT2D eigenvalue weighted by atomic mass is 16.3. The molecule has 1 aliphatic heterocycles. The van der Waals surface area contributed by atoms with Crippen LogP contribution in [-0.4, -0.2) is 50.7 Å². The van der Waals surface area contributed by atoms with Crippen LogP contribution < -0.4 is 0 Å². The third-order valence-corrected chi connectivity index (χ3v) is 4.20. The van der Waals surface area contributed by atoms with Gasteiger partial charge in [-0.05, 0) is 25.5 Å². The van der Waals surface area contributed by atoms with Crippen molar-refractivity contribution in [3.05, 3.63) is 53.9 Å². The van der Waals surface area contributed by atoms with Gasteiger partial charge in [-0.25, -0.2) is 0 Å². The van der Waals surface area contributed by atoms with Gasteiger partial charge >= 0.3 is 0 Å². The second kappa shape index (κ2) is 6.94. The largest absolute Gasteiger partial charge is 0.391 e. The number of aromatic nitrogens is 3. The summed E-state index contributed by atoms with van der Waals surface area (Å²) in [6.07, 6.45) is 6.59. The number of aliphatic hydroxyl groups excluding tert-OH is 1. The van der Waals surface area contributed by atoms with E-state index < -0.39 is 0 Å². The van der Waals surface area contributed by atoms with Crippen molar-refractivity contribution >= 4 is 0 Å². The highest BCUT2D eigenvalue weighted by molar-refractivity contribution is 5.10. The summed E-state index contributed by atoms with van der Waals surface area (Å²) in [5, 5.41) is 10.3. The van der Waals surface area contributed by atoms with Crippen LogP contribution in [0.3, 0.4) is 0 Å². The molecular weight excluding hydrogens is 276 g/mol. The monoisotopic (exact) mass is 298 g/mol. The highest BCUT2D eigenvalue weighted by Gasteiger charge is 2.31. The molecule has 2 atom stereocenters. The minimum Gasteiger partial charge on any atom is -0.391 e. The third-order valence-electron chi connectivity index (χ3n) is 4.20. The number of likely N-dealkylation sites (tertiary alicyclic amines) is 1. The van der Waals surface area contributed by atoms with Crippen molar-refractivity contribution in [3.63, 3.8) is 0 Å². The lowest BCUT2D eigenvalue weighted by Gasteiger charge is -2.15. The zero-order chi connectivity index (χ0) is 15.4. The number of pyridine rings is 1. The van der Waals surface area contributed by atoms with E-state index in [1.807, 2.05) is 19.1 Å². The average Bonchev–Trinajstić information content (AvgIpc) is 2.87. The van der Waals surface area contributed by atoms with Crippen LogP contribution in [0.15, 0.2) is 36.8 Å². The van der Waals surface area contributed by atoms with Crippen molar-refractivity contribution in [2.75, 3.05) is 19.6 Å². The van der Waals surface area contributed by atoms with Crippen molar-refractivity contribution in [2.45, 2.75) is 25.9 Å². The number of rotatable bonds is 5. The van der Waals surface area contributed by atoms with Gasteiger partial charge in [0.1, 0.15) is 0 Å². The van der Waals surface area contributed by atoms with Crippen LogP contribution >= 0.6 is 0 Å². The molecule has 1 saturated heterocycles. The normalized spacial score (nSPS) is 22.1. The Balaban J connectivity index is 1.52. The fraction of sp³-hybridized carbons (Fsp3) is 0.471. The Kier molecular flexibility index (Phi) is 4.75. The van der Waals surface area contributed by atoms with Gasteiger partial charge in [-0.1, -0.05) is 6.07 Å². The number of hydrogen-bond donors (Lipinski definition) is 1. The molecule has 0 aliphatic carbocycles. The van der Waals surface area contributed by atoms with E-state index in [0.29, 0.717) is 0 Å². The molecule has 22 heavy (non-hydrogen) atoms. The Morgan fingerprint density at radius 1 is 1.23 bits per heavy atom. The SMILES string of the molecule is Cc1cccc(CCN2C[C@@H](Cc3cnccn3)[C@H](O)C2)n1. The van der Waals surface area contributed by atoms with Gasteiger partial charge < -0.3 is 5.11 Å². The van der Waals surface area contributed by atoms with Crippen molar-refractivity contribution in [1.29, 1.82) is 0 Å². The molecule has 0 amide bonds. The second-order valence-corrected chi connectivity index (χ2v) is 6.01. The van der Waals surface area contributed by atoms with Gasteiger partial charge in [0.05, 0.1) is 11.8 Å². The van der Waals surface area contributed by atoms with E-state index in [1.165, 1.54) is 0 Å². The average molecular weight is 298 g/mol. The number of aliphatic hydroxyl groups is 1. The highest BCUT2D eigenvalue weighted by Crippen LogP contribution is 2.20. The minimum absolute atomic E-state index is 0.238. The molecule has 0 saturated carbocycles. The summed E-state index contributed by atoms with van der Waals surface area (Å²) in [5.41, 5.74) is 3.13. The lowest BCUT2D eigenvalue weighted by Crippen LogP contribution is -2.24. The van der Waals surface area contributed by atoms with E-state index in [1.54, 1.807) is 18.6 Å². The molecule has 2 aromatic rings. The molecule has 2 aromatic heterocycles. The van der Waals surface area contributed by atoms with Gasteiger partial charge in [0.25, 0.3) is 0 Å². The van der Waals surface area contributed by atoms with Crippen LogP contribution in [0, 0.1) is 12.8 Å². The zero-order valence-electron chi connectivity index (χ0n) is 12.9. The molecule has 5 nitrogen and oxygen atoms in total. The Hall–Kier alpha value is -1.85. The van der Waals surface area contributed by atoms with Gasteiger partial charge in [-0.3, -0.25) is 19.9 Å². The molecule has 0 radical (unpaired) electrons. The van der Waals surface area contributed by atoms with E-state index in [0.717, 1.165) is 49.6 Å². The first-order valence-electron chi connectivity index (χ1n) is 7.78. The van der Waals surface area contributed by atoms with Crippen molar-refractivity contribution in [3.8, 4) is 0 Å². The first-order chi connectivity index (χ1) is 10.7. The quantitative estimate of drug-likeness (QED) is 0.900. The van der Waals surface area contributed by atoms with Crippen molar-refractivity contribution in [1.82, 2.24) is 19.9 Å². The van der Waals surface area contributed by atoms with E-state index in [-0.39, 0.29) is 12.0 Å². The molecule has 3 heterocycles. The molecule has 116 valence electrons. The summed E-state index contributed by atoms with van der Waals surface area (Å²) in [7, 11) is 0. The van der Waals surface area contributed by atoms with Gasteiger partial charge in [-0.2, -0.15) is 0 Å². The molecule has 5 heteroatoms. The zero-order valence-corrected chi connectivity index (χ0v) is 12.9. The summed E-state index contributed by atoms with van der Waals surface area (Å²) in [4.78, 5) is 15.2. The molecule has 0 spiro atoms. The Labute approximate surface area is 131 Å². The van der Waals surface area contributed by atoms with Crippen LogP contribution in [0.2, 0.25) is 0 Å². The molecule has 3 rings (SSSR count). The first-order valence-corrected chi connectivity index (χ1v) is 7.78. The summed E-state index contributed by atoms with van der Waals surface area (Å²) < 4.78 is 0. The first kappa shape index (κ1) is 15.1. The fourth-order valence-corrected chi connectivity index (χ4v) is 3.04. The Bertz CT molecular complexity index is 605. The van der Waals surface area contributed by atoms with Crippen LogP contribution in [0.4, 0.5) is 0 Å². The van der Waals surface area contributed by atoms with Crippen LogP contribution in [0.25, 0.3) is 0 Å². The number of aryl methyl sites for hydroxylation is 1. The van der Waals surface area contributed by atoms with Gasteiger partial charge in [0.15, 0.2) is 0 Å². The maximum atomic E-state index is 10.3. The van der Waals surface area contributed by atoms with Gasteiger partial charge in [0.2, 0.25) is 0 Å². The second-order valence-electron chi connectivity index (χ2n) is 6.01. The predicted octanol–water partition coefficient (Wildman–Crippen LogP) is 1.26. The van der Waals surface area contributed by atoms with Gasteiger partial charge in [-0.15, -0.1) is 0 Å². The lowest BCUT2D eigenvalue weighted by atomic mass is 10.0. The number of nitrogens with zero attached hydrogens (tertiary/aromatic N) is 4. The molecule has 0 unspecified atom stereocenters. The number of hydrogen-bond acceptors (Lipinski definition) is 5. The summed E-state index contributed by atoms with van der Waals surface area (Å²) in [6.45, 7) is 4.59. The third kappa shape index (κ3) is 3.87. The molecule has 0 bridgehead atoms. The molecule has 1 fully saturated rings. The van der Waals surface area contributed by atoms with E-state index in [9.17, 15) is 5.11 Å². The molecular formula is C17H22N4O. The van der Waals surface area contributed by atoms with Crippen molar-refractivity contribution < 1.29 is 5.11 Å². The maximum Gasteiger partial charge on any atom is 0.0711 e. The Morgan fingerprint density at radius 2 is 2.14 bits per heavy atom. The van der Waals surface area contributed by atoms with Crippen LogP contribution in [-0.2, 0) is 12.8 Å². The predicted molar refractivity (Wildman–Crippen MR) is 84.4 cm³/mol. The topological polar surface area (TPSA) is 62.1 Å². The van der Waals surface area contributed by atoms with E-state index >= 15 is 0 Å². The summed E-state index contributed by atoms with van der Waals surface area (Å²) in [5.74, 6) is 0.238. The van der Waals surface area contributed by atoms with E-state index in [2.05, 4.69) is 25.9 Å². The maximum absolute atomic E-state index is 10.3. The lowest BCUT2D eigenvalue weighted by molar-refractivity contribution is 0.141. The Morgan fingerprint density at radius 3 is 2.91 bits per heavy atom. The van der Waals surface area contributed by atoms with Crippen molar-refractivity contribution in [2.24, 2.45) is 5.92 Å². The molecule has 1 N–H and O–H groups in total. The van der Waals surface area contributed by atoms with Crippen LogP contribution in [0.5, 0.6) is 0 Å². The minimum atomic E-state index is -0.285. The summed E-state index contributed by atoms with van der Waals surface area (Å²) >= 11 is 0. The molecule has 1 aliphatic rings. The van der Waals surface area contributed by atoms with E-state index in [4.69, 9.17) is 0 Å². The molecule has 0 aromatic carbocycles. The van der Waals surface area contributed by atoms with Crippen LogP contribution in [0.1, 0.15) is 17.1 Å². The van der Waals surface area contributed by atoms with Gasteiger partial charge in [0, 0.05) is 62.0 Å². The summed E-state index contributed by atoms with van der Waals surface area (Å²) in [6, 6.07) is 6.13. The fourth-order valence-electron chi connectivity index (χ4n) is 3.04. The smallest absolute Gasteiger partial charge is 0.0711 e. The number of β-amino-alcohol motifs (C(OH)–C–C–N with tert-alkyl or cyclic N) is 1. The standard InChI is InChI=1S/C17H22N4O/c1-13-3-2-4-15(20-13)5-8-21-11-14(17(22)12-21)9-16-10-18-6-7-19-16/h2-4,6-7,10,14,17,22H,5,8-9,11-12H2,1H3/t14-,17-/m1/s1.